The quantitative estimate of drug-likeness (QED) is 0.654. The van der Waals surface area contributed by atoms with E-state index in [4.69, 9.17) is 10.5 Å². The van der Waals surface area contributed by atoms with E-state index in [1.807, 2.05) is 24.3 Å². The Balaban J connectivity index is 1.57. The van der Waals surface area contributed by atoms with Crippen molar-refractivity contribution < 1.29 is 9.53 Å². The average Bonchev–Trinajstić information content (AvgIpc) is 3.15. The van der Waals surface area contributed by atoms with Crippen LogP contribution in [0.15, 0.2) is 29.3 Å². The van der Waals surface area contributed by atoms with Gasteiger partial charge in [-0.25, -0.2) is 4.99 Å². The van der Waals surface area contributed by atoms with Gasteiger partial charge in [-0.15, -0.1) is 0 Å². The van der Waals surface area contributed by atoms with E-state index < -0.39 is 0 Å². The SMILES string of the molecule is NC(=NCc1cccc(NC(=O)C2CCCO2)c1)N1CCCCC1. The number of carbonyl (C=O) groups excluding carboxylic acids is 1. The number of aliphatic imine (C=N–C) groups is 1. The third kappa shape index (κ3) is 4.47. The minimum absolute atomic E-state index is 0.0685. The molecule has 1 aromatic carbocycles. The number of nitrogens with one attached hydrogen (secondary N) is 1. The molecule has 2 saturated heterocycles. The Labute approximate surface area is 143 Å². The van der Waals surface area contributed by atoms with Gasteiger partial charge in [0, 0.05) is 25.4 Å². The van der Waals surface area contributed by atoms with Crippen molar-refractivity contribution in [3.05, 3.63) is 29.8 Å². The van der Waals surface area contributed by atoms with E-state index in [0.29, 0.717) is 19.1 Å². The van der Waals surface area contributed by atoms with Gasteiger partial charge in [0.2, 0.25) is 0 Å². The van der Waals surface area contributed by atoms with E-state index in [1.54, 1.807) is 0 Å². The first-order valence-electron chi connectivity index (χ1n) is 8.78. The molecule has 0 aromatic heterocycles. The monoisotopic (exact) mass is 330 g/mol. The maximum Gasteiger partial charge on any atom is 0.253 e. The van der Waals surface area contributed by atoms with E-state index in [-0.39, 0.29) is 12.0 Å². The number of anilines is 1. The molecule has 1 unspecified atom stereocenters. The van der Waals surface area contributed by atoms with Crippen molar-refractivity contribution in [2.45, 2.75) is 44.8 Å². The van der Waals surface area contributed by atoms with E-state index in [0.717, 1.165) is 37.2 Å². The molecule has 3 N–H and O–H groups in total. The molecule has 3 rings (SSSR count). The highest BCUT2D eigenvalue weighted by Gasteiger charge is 2.23. The predicted octanol–water partition coefficient (Wildman–Crippen LogP) is 2.10. The van der Waals surface area contributed by atoms with Crippen LogP contribution >= 0.6 is 0 Å². The summed E-state index contributed by atoms with van der Waals surface area (Å²) in [7, 11) is 0. The molecule has 1 amide bonds. The smallest absolute Gasteiger partial charge is 0.253 e. The van der Waals surface area contributed by atoms with E-state index >= 15 is 0 Å². The minimum atomic E-state index is -0.318. The lowest BCUT2D eigenvalue weighted by Crippen LogP contribution is -2.40. The third-order valence-electron chi connectivity index (χ3n) is 4.52. The molecule has 1 atom stereocenters. The fourth-order valence-electron chi connectivity index (χ4n) is 3.15. The van der Waals surface area contributed by atoms with Gasteiger partial charge < -0.3 is 20.7 Å². The number of nitrogens with zero attached hydrogens (tertiary/aromatic N) is 2. The molecule has 0 bridgehead atoms. The standard InChI is InChI=1S/C18H26N4O2/c19-18(22-9-2-1-3-10-22)20-13-14-6-4-7-15(12-14)21-17(23)16-8-5-11-24-16/h4,6-7,12,16H,1-3,5,8-11,13H2,(H2,19,20)(H,21,23). The molecule has 2 fully saturated rings. The Kier molecular flexibility index (Phi) is 5.69. The molecule has 2 heterocycles. The van der Waals surface area contributed by atoms with Gasteiger partial charge in [0.25, 0.3) is 5.91 Å². The van der Waals surface area contributed by atoms with Crippen LogP contribution in [0.25, 0.3) is 0 Å². The highest BCUT2D eigenvalue weighted by Crippen LogP contribution is 2.17. The molecule has 0 saturated carbocycles. The zero-order valence-corrected chi connectivity index (χ0v) is 14.0. The first-order chi connectivity index (χ1) is 11.7. The summed E-state index contributed by atoms with van der Waals surface area (Å²) in [6.07, 6.45) is 5.06. The number of amides is 1. The second kappa shape index (κ2) is 8.15. The van der Waals surface area contributed by atoms with Crippen molar-refractivity contribution >= 4 is 17.6 Å². The van der Waals surface area contributed by atoms with Crippen LogP contribution in [0.5, 0.6) is 0 Å². The number of guanidine groups is 1. The van der Waals surface area contributed by atoms with Crippen molar-refractivity contribution in [3.63, 3.8) is 0 Å². The second-order valence-electron chi connectivity index (χ2n) is 6.41. The number of nitrogens with two attached hydrogens (primary N) is 1. The molecule has 6 nitrogen and oxygen atoms in total. The van der Waals surface area contributed by atoms with Gasteiger partial charge in [-0.2, -0.15) is 0 Å². The predicted molar refractivity (Wildman–Crippen MR) is 94.8 cm³/mol. The van der Waals surface area contributed by atoms with Gasteiger partial charge in [-0.3, -0.25) is 4.79 Å². The van der Waals surface area contributed by atoms with Crippen molar-refractivity contribution in [3.8, 4) is 0 Å². The normalized spacial score (nSPS) is 21.8. The molecule has 6 heteroatoms. The van der Waals surface area contributed by atoms with Crippen LogP contribution in [0.4, 0.5) is 5.69 Å². The second-order valence-corrected chi connectivity index (χ2v) is 6.41. The topological polar surface area (TPSA) is 79.9 Å². The number of hydrogen-bond donors (Lipinski definition) is 2. The fraction of sp³-hybridized carbons (Fsp3) is 0.556. The number of carbonyl (C=O) groups is 1. The third-order valence-corrected chi connectivity index (χ3v) is 4.52. The van der Waals surface area contributed by atoms with E-state index in [2.05, 4.69) is 15.2 Å². The molecule has 0 aliphatic carbocycles. The van der Waals surface area contributed by atoms with E-state index in [1.165, 1.54) is 19.3 Å². The summed E-state index contributed by atoms with van der Waals surface area (Å²) in [6, 6.07) is 7.75. The Morgan fingerprint density at radius 3 is 2.88 bits per heavy atom. The van der Waals surface area contributed by atoms with Gasteiger partial charge >= 0.3 is 0 Å². The van der Waals surface area contributed by atoms with Crippen molar-refractivity contribution in [1.29, 1.82) is 0 Å². The van der Waals surface area contributed by atoms with Gasteiger partial charge in [-0.05, 0) is 49.8 Å². The highest BCUT2D eigenvalue weighted by atomic mass is 16.5. The van der Waals surface area contributed by atoms with Crippen LogP contribution in [-0.2, 0) is 16.1 Å². The molecule has 0 spiro atoms. The van der Waals surface area contributed by atoms with Crippen LogP contribution in [0.3, 0.4) is 0 Å². The van der Waals surface area contributed by atoms with Crippen molar-refractivity contribution in [2.24, 2.45) is 10.7 Å². The summed E-state index contributed by atoms with van der Waals surface area (Å²) in [5, 5.41) is 2.92. The lowest BCUT2D eigenvalue weighted by atomic mass is 10.1. The summed E-state index contributed by atoms with van der Waals surface area (Å²) >= 11 is 0. The van der Waals surface area contributed by atoms with Crippen LogP contribution in [0, 0.1) is 0 Å². The largest absolute Gasteiger partial charge is 0.370 e. The Morgan fingerprint density at radius 1 is 1.29 bits per heavy atom. The summed E-state index contributed by atoms with van der Waals surface area (Å²) in [6.45, 7) is 3.17. The maximum absolute atomic E-state index is 12.1. The Bertz CT molecular complexity index is 590. The van der Waals surface area contributed by atoms with Crippen LogP contribution < -0.4 is 11.1 Å². The van der Waals surface area contributed by atoms with Crippen LogP contribution in [-0.4, -0.2) is 42.6 Å². The number of hydrogen-bond acceptors (Lipinski definition) is 3. The molecule has 24 heavy (non-hydrogen) atoms. The number of piperidine rings is 1. The summed E-state index contributed by atoms with van der Waals surface area (Å²) in [5.41, 5.74) is 7.89. The van der Waals surface area contributed by atoms with Crippen molar-refractivity contribution in [1.82, 2.24) is 4.90 Å². The zero-order chi connectivity index (χ0) is 16.8. The number of likely N-dealkylation sites (tertiary alicyclic amines) is 1. The summed E-state index contributed by atoms with van der Waals surface area (Å²) < 4.78 is 5.41. The fourth-order valence-corrected chi connectivity index (χ4v) is 3.15. The van der Waals surface area contributed by atoms with Crippen LogP contribution in [0.2, 0.25) is 0 Å². The molecule has 2 aliphatic rings. The highest BCUT2D eigenvalue weighted by molar-refractivity contribution is 5.94. The molecular formula is C18H26N4O2. The van der Waals surface area contributed by atoms with Gasteiger partial charge in [0.15, 0.2) is 5.96 Å². The first kappa shape index (κ1) is 16.8. The minimum Gasteiger partial charge on any atom is -0.370 e. The molecular weight excluding hydrogens is 304 g/mol. The van der Waals surface area contributed by atoms with Crippen LogP contribution in [0.1, 0.15) is 37.7 Å². The Hall–Kier alpha value is -2.08. The van der Waals surface area contributed by atoms with Gasteiger partial charge in [-0.1, -0.05) is 12.1 Å². The summed E-state index contributed by atoms with van der Waals surface area (Å²) in [5.74, 6) is 0.546. The number of ether oxygens (including phenoxy) is 1. The first-order valence-corrected chi connectivity index (χ1v) is 8.78. The zero-order valence-electron chi connectivity index (χ0n) is 14.0. The molecule has 2 aliphatic heterocycles. The van der Waals surface area contributed by atoms with Gasteiger partial charge in [0.1, 0.15) is 6.10 Å². The molecule has 130 valence electrons. The molecule has 0 radical (unpaired) electrons. The Morgan fingerprint density at radius 2 is 2.12 bits per heavy atom. The number of benzene rings is 1. The maximum atomic E-state index is 12.1. The van der Waals surface area contributed by atoms with Crippen molar-refractivity contribution in [2.75, 3.05) is 25.0 Å². The average molecular weight is 330 g/mol. The summed E-state index contributed by atoms with van der Waals surface area (Å²) in [4.78, 5) is 18.8. The molecule has 1 aromatic rings. The lowest BCUT2D eigenvalue weighted by molar-refractivity contribution is -0.124. The van der Waals surface area contributed by atoms with Gasteiger partial charge in [0.05, 0.1) is 6.54 Å². The number of rotatable bonds is 4. The lowest BCUT2D eigenvalue weighted by Gasteiger charge is -2.27. The van der Waals surface area contributed by atoms with E-state index in [9.17, 15) is 4.79 Å².